The molecule has 2 nitrogen and oxygen atoms in total. The highest BCUT2D eigenvalue weighted by Crippen LogP contribution is 1.93. The molecule has 0 unspecified atom stereocenters. The van der Waals surface area contributed by atoms with Crippen LogP contribution in [0.25, 0.3) is 0 Å². The molecule has 1 heterocycles. The third-order valence-electron chi connectivity index (χ3n) is 1.45. The Hall–Kier alpha value is -0.0800. The summed E-state index contributed by atoms with van der Waals surface area (Å²) < 4.78 is 0. The van der Waals surface area contributed by atoms with E-state index in [1.54, 1.807) is 0 Å². The fraction of sp³-hybridized carbons (Fsp3) is 0.833. The quantitative estimate of drug-likeness (QED) is 0.447. The Balaban J connectivity index is 2.23. The summed E-state index contributed by atoms with van der Waals surface area (Å²) >= 11 is 0. The first-order valence-electron chi connectivity index (χ1n) is 3.08. The minimum atomic E-state index is 0.626. The van der Waals surface area contributed by atoms with Crippen molar-refractivity contribution >= 4 is 0 Å². The molecule has 0 saturated carbocycles. The third-order valence-corrected chi connectivity index (χ3v) is 1.45. The van der Waals surface area contributed by atoms with Gasteiger partial charge in [-0.1, -0.05) is 0 Å². The molecule has 0 aliphatic carbocycles. The molecule has 2 heteroatoms. The zero-order valence-corrected chi connectivity index (χ0v) is 5.35. The van der Waals surface area contributed by atoms with Crippen molar-refractivity contribution in [1.29, 1.82) is 0 Å². The number of piperazine rings is 1. The van der Waals surface area contributed by atoms with Gasteiger partial charge in [-0.05, 0) is 20.0 Å². The summed E-state index contributed by atoms with van der Waals surface area (Å²) in [5, 5.41) is 3.33. The maximum atomic E-state index is 3.84. The van der Waals surface area contributed by atoms with Crippen molar-refractivity contribution in [2.24, 2.45) is 0 Å². The van der Waals surface area contributed by atoms with Gasteiger partial charge in [-0.15, -0.1) is 0 Å². The molecule has 0 aromatic heterocycles. The number of hydrogen-bond acceptors (Lipinski definition) is 2. The minimum Gasteiger partial charge on any atom is -0.457 e. The molecule has 0 bridgehead atoms. The molecule has 1 atom stereocenters. The lowest BCUT2D eigenvalue weighted by molar-refractivity contribution is 0.272. The molecule has 0 aromatic carbocycles. The Morgan fingerprint density at radius 1 is 1.75 bits per heavy atom. The maximum absolute atomic E-state index is 3.84. The van der Waals surface area contributed by atoms with Crippen LogP contribution in [0.3, 0.4) is 0 Å². The van der Waals surface area contributed by atoms with E-state index >= 15 is 0 Å². The number of hydrogen-bond donors (Lipinski definition) is 1. The molecule has 1 fully saturated rings. The van der Waals surface area contributed by atoms with Crippen LogP contribution in [-0.2, 0) is 0 Å². The standard InChI is InChI=1S/C6H13N2/c1-6-5-8(2)4-3-7-6/h6-7H,2-5H2,1H3/q-1/t6-/m0/s1. The van der Waals surface area contributed by atoms with Crippen LogP contribution in [0, 0.1) is 7.05 Å². The van der Waals surface area contributed by atoms with E-state index in [2.05, 4.69) is 24.2 Å². The van der Waals surface area contributed by atoms with E-state index in [1.807, 2.05) is 0 Å². The van der Waals surface area contributed by atoms with Crippen molar-refractivity contribution in [1.82, 2.24) is 10.2 Å². The second-order valence-electron chi connectivity index (χ2n) is 2.43. The van der Waals surface area contributed by atoms with E-state index in [1.165, 1.54) is 0 Å². The third kappa shape index (κ3) is 1.46. The van der Waals surface area contributed by atoms with Gasteiger partial charge in [0.15, 0.2) is 0 Å². The fourth-order valence-electron chi connectivity index (χ4n) is 1.01. The first-order valence-corrected chi connectivity index (χ1v) is 3.08. The highest BCUT2D eigenvalue weighted by Gasteiger charge is 2.05. The average Bonchev–Trinajstić information content (AvgIpc) is 1.64. The highest BCUT2D eigenvalue weighted by molar-refractivity contribution is 4.73. The molecular formula is C6H13N2-. The van der Waals surface area contributed by atoms with Gasteiger partial charge in [0, 0.05) is 12.6 Å². The van der Waals surface area contributed by atoms with Crippen molar-refractivity contribution in [3.05, 3.63) is 7.05 Å². The smallest absolute Gasteiger partial charge is 0.0143 e. The van der Waals surface area contributed by atoms with E-state index in [4.69, 9.17) is 0 Å². The summed E-state index contributed by atoms with van der Waals surface area (Å²) in [6, 6.07) is 0.626. The Morgan fingerprint density at radius 2 is 2.50 bits per heavy atom. The lowest BCUT2D eigenvalue weighted by Gasteiger charge is -2.34. The average molecular weight is 113 g/mol. The van der Waals surface area contributed by atoms with Gasteiger partial charge in [-0.25, -0.2) is 0 Å². The normalized spacial score (nSPS) is 33.0. The van der Waals surface area contributed by atoms with Crippen LogP contribution < -0.4 is 5.32 Å². The van der Waals surface area contributed by atoms with Crippen LogP contribution in [-0.4, -0.2) is 30.6 Å². The molecule has 1 rings (SSSR count). The molecule has 0 amide bonds. The van der Waals surface area contributed by atoms with Crippen LogP contribution >= 0.6 is 0 Å². The Morgan fingerprint density at radius 3 is 2.88 bits per heavy atom. The molecule has 1 saturated heterocycles. The van der Waals surface area contributed by atoms with Crippen LogP contribution in [0.1, 0.15) is 6.92 Å². The monoisotopic (exact) mass is 113 g/mol. The zero-order valence-electron chi connectivity index (χ0n) is 5.35. The van der Waals surface area contributed by atoms with Crippen molar-refractivity contribution < 1.29 is 0 Å². The van der Waals surface area contributed by atoms with Crippen molar-refractivity contribution in [2.75, 3.05) is 19.6 Å². The summed E-state index contributed by atoms with van der Waals surface area (Å²) in [7, 11) is 3.84. The molecule has 0 aromatic rings. The second kappa shape index (κ2) is 2.46. The van der Waals surface area contributed by atoms with Gasteiger partial charge in [0.1, 0.15) is 0 Å². The lowest BCUT2D eigenvalue weighted by Crippen LogP contribution is -2.46. The Bertz CT molecular complexity index is 64.9. The number of nitrogens with one attached hydrogen (secondary N) is 1. The van der Waals surface area contributed by atoms with E-state index in [-0.39, 0.29) is 0 Å². The maximum Gasteiger partial charge on any atom is 0.0143 e. The van der Waals surface area contributed by atoms with E-state index in [9.17, 15) is 0 Å². The zero-order chi connectivity index (χ0) is 5.98. The summed E-state index contributed by atoms with van der Waals surface area (Å²) in [6.07, 6.45) is 0. The highest BCUT2D eigenvalue weighted by atomic mass is 15.2. The van der Waals surface area contributed by atoms with Crippen LogP contribution in [0.2, 0.25) is 0 Å². The van der Waals surface area contributed by atoms with Crippen LogP contribution in [0.4, 0.5) is 0 Å². The summed E-state index contributed by atoms with van der Waals surface area (Å²) in [5.74, 6) is 0. The van der Waals surface area contributed by atoms with Crippen LogP contribution in [0.15, 0.2) is 0 Å². The summed E-state index contributed by atoms with van der Waals surface area (Å²) in [6.45, 7) is 5.44. The predicted molar refractivity (Wildman–Crippen MR) is 34.4 cm³/mol. The van der Waals surface area contributed by atoms with Gasteiger partial charge < -0.3 is 10.2 Å². The first-order chi connectivity index (χ1) is 3.79. The van der Waals surface area contributed by atoms with E-state index in [0.717, 1.165) is 19.6 Å². The van der Waals surface area contributed by atoms with Crippen molar-refractivity contribution in [3.8, 4) is 0 Å². The number of nitrogens with zero attached hydrogens (tertiary/aromatic N) is 1. The van der Waals surface area contributed by atoms with Gasteiger partial charge in [-0.2, -0.15) is 0 Å². The van der Waals surface area contributed by atoms with Gasteiger partial charge in [0.25, 0.3) is 0 Å². The van der Waals surface area contributed by atoms with Gasteiger partial charge >= 0.3 is 0 Å². The van der Waals surface area contributed by atoms with Gasteiger partial charge in [0.05, 0.1) is 0 Å². The summed E-state index contributed by atoms with van der Waals surface area (Å²) in [5.41, 5.74) is 0. The van der Waals surface area contributed by atoms with Crippen molar-refractivity contribution in [3.63, 3.8) is 0 Å². The largest absolute Gasteiger partial charge is 0.457 e. The minimum absolute atomic E-state index is 0.626. The molecule has 1 aliphatic heterocycles. The molecule has 1 aliphatic rings. The molecule has 8 heavy (non-hydrogen) atoms. The van der Waals surface area contributed by atoms with Gasteiger partial charge in [0.2, 0.25) is 0 Å². The topological polar surface area (TPSA) is 15.3 Å². The van der Waals surface area contributed by atoms with Crippen LogP contribution in [0.5, 0.6) is 0 Å². The first kappa shape index (κ1) is 6.05. The molecule has 1 N–H and O–H groups in total. The SMILES string of the molecule is [CH2-]N1CCN[C@@H](C)C1. The predicted octanol–water partition coefficient (Wildman–Crippen LogP) is 0.0717. The van der Waals surface area contributed by atoms with E-state index in [0.29, 0.717) is 6.04 Å². The van der Waals surface area contributed by atoms with E-state index < -0.39 is 0 Å². The summed E-state index contributed by atoms with van der Waals surface area (Å²) in [4.78, 5) is 2.10. The molecule has 0 spiro atoms. The van der Waals surface area contributed by atoms with Gasteiger partial charge in [-0.3, -0.25) is 7.05 Å². The number of rotatable bonds is 0. The molecular weight excluding hydrogens is 100 g/mol. The Kier molecular flexibility index (Phi) is 1.86. The van der Waals surface area contributed by atoms with Crippen molar-refractivity contribution in [2.45, 2.75) is 13.0 Å². The molecule has 48 valence electrons. The Labute approximate surface area is 50.9 Å². The fourth-order valence-corrected chi connectivity index (χ4v) is 1.01. The lowest BCUT2D eigenvalue weighted by atomic mass is 10.2. The molecule has 0 radical (unpaired) electrons. The second-order valence-corrected chi connectivity index (χ2v) is 2.43.